The number of rotatable bonds is 3. The van der Waals surface area contributed by atoms with Gasteiger partial charge in [0.25, 0.3) is 0 Å². The fourth-order valence-electron chi connectivity index (χ4n) is 9.13. The summed E-state index contributed by atoms with van der Waals surface area (Å²) in [6, 6.07) is 5.98. The lowest BCUT2D eigenvalue weighted by molar-refractivity contribution is -0.114. The van der Waals surface area contributed by atoms with Crippen LogP contribution >= 0.6 is 0 Å². The van der Waals surface area contributed by atoms with Crippen molar-refractivity contribution in [2.24, 2.45) is 46.3 Å². The van der Waals surface area contributed by atoms with Crippen molar-refractivity contribution in [3.05, 3.63) is 29.3 Å². The van der Waals surface area contributed by atoms with Gasteiger partial charge in [0.15, 0.2) is 5.78 Å². The molecule has 0 spiro atoms. The van der Waals surface area contributed by atoms with E-state index in [4.69, 9.17) is 4.74 Å². The van der Waals surface area contributed by atoms with Crippen molar-refractivity contribution in [3.8, 4) is 5.75 Å². The molecule has 4 saturated carbocycles. The SMILES string of the molecule is COc1ccc(C(=O)C2CCC3C4CCC5CC(C)CCC5(C)C4CCC23C)c(C)c1. The Labute approximate surface area is 189 Å². The first-order chi connectivity index (χ1) is 14.8. The van der Waals surface area contributed by atoms with Crippen LogP contribution in [0.1, 0.15) is 94.5 Å². The molecule has 4 aliphatic rings. The average Bonchev–Trinajstić information content (AvgIpc) is 3.11. The first-order valence-electron chi connectivity index (χ1n) is 13.0. The van der Waals surface area contributed by atoms with Crippen LogP contribution in [0.5, 0.6) is 5.75 Å². The van der Waals surface area contributed by atoms with E-state index in [0.29, 0.717) is 11.2 Å². The van der Waals surface area contributed by atoms with E-state index in [2.05, 4.69) is 27.7 Å². The van der Waals surface area contributed by atoms with Gasteiger partial charge >= 0.3 is 0 Å². The molecular weight excluding hydrogens is 380 g/mol. The smallest absolute Gasteiger partial charge is 0.166 e. The molecule has 4 fully saturated rings. The Balaban J connectivity index is 1.40. The predicted octanol–water partition coefficient (Wildman–Crippen LogP) is 7.48. The van der Waals surface area contributed by atoms with E-state index in [9.17, 15) is 4.79 Å². The quantitative estimate of drug-likeness (QED) is 0.472. The third-order valence-corrected chi connectivity index (χ3v) is 10.9. The average molecular weight is 423 g/mol. The molecule has 0 aliphatic heterocycles. The number of fused-ring (bicyclic) bond motifs is 5. The second kappa shape index (κ2) is 7.63. The van der Waals surface area contributed by atoms with Gasteiger partial charge < -0.3 is 4.74 Å². The summed E-state index contributed by atoms with van der Waals surface area (Å²) in [6.45, 7) is 9.67. The molecule has 0 heterocycles. The molecule has 2 heteroatoms. The highest BCUT2D eigenvalue weighted by atomic mass is 16.5. The molecule has 2 nitrogen and oxygen atoms in total. The number of hydrogen-bond acceptors (Lipinski definition) is 2. The molecule has 0 saturated heterocycles. The van der Waals surface area contributed by atoms with Crippen molar-refractivity contribution in [2.45, 2.75) is 85.5 Å². The fraction of sp³-hybridized carbons (Fsp3) is 0.759. The van der Waals surface area contributed by atoms with Gasteiger partial charge in [0.05, 0.1) is 7.11 Å². The Kier molecular flexibility index (Phi) is 5.30. The van der Waals surface area contributed by atoms with Gasteiger partial charge in [0.1, 0.15) is 5.75 Å². The molecule has 31 heavy (non-hydrogen) atoms. The summed E-state index contributed by atoms with van der Waals surface area (Å²) in [5, 5.41) is 0. The Hall–Kier alpha value is -1.31. The van der Waals surface area contributed by atoms with Crippen LogP contribution in [-0.4, -0.2) is 12.9 Å². The summed E-state index contributed by atoms with van der Waals surface area (Å²) in [5.74, 6) is 5.80. The second-order valence-electron chi connectivity index (χ2n) is 12.3. The van der Waals surface area contributed by atoms with Crippen LogP contribution < -0.4 is 4.74 Å². The molecule has 0 bridgehead atoms. The third-order valence-electron chi connectivity index (χ3n) is 10.9. The predicted molar refractivity (Wildman–Crippen MR) is 126 cm³/mol. The summed E-state index contributed by atoms with van der Waals surface area (Å²) in [4.78, 5) is 13.8. The van der Waals surface area contributed by atoms with Crippen molar-refractivity contribution in [1.29, 1.82) is 0 Å². The molecule has 1 aromatic rings. The van der Waals surface area contributed by atoms with E-state index in [1.165, 1.54) is 51.4 Å². The minimum absolute atomic E-state index is 0.190. The first kappa shape index (κ1) is 21.5. The van der Waals surface area contributed by atoms with Crippen LogP contribution in [0.2, 0.25) is 0 Å². The van der Waals surface area contributed by atoms with Gasteiger partial charge in [-0.1, -0.05) is 27.2 Å². The number of methoxy groups -OCH3 is 1. The molecule has 8 atom stereocenters. The van der Waals surface area contributed by atoms with Crippen LogP contribution in [-0.2, 0) is 0 Å². The number of Topliss-reactive ketones (excluding diaryl/α,β-unsaturated/α-hetero) is 1. The zero-order valence-electron chi connectivity index (χ0n) is 20.4. The summed E-state index contributed by atoms with van der Waals surface area (Å²) in [6.07, 6.45) is 12.1. The van der Waals surface area contributed by atoms with Crippen molar-refractivity contribution in [1.82, 2.24) is 0 Å². The fourth-order valence-corrected chi connectivity index (χ4v) is 9.13. The Morgan fingerprint density at radius 1 is 0.968 bits per heavy atom. The van der Waals surface area contributed by atoms with E-state index in [1.54, 1.807) is 7.11 Å². The number of hydrogen-bond donors (Lipinski definition) is 0. The van der Waals surface area contributed by atoms with Crippen LogP contribution in [0, 0.1) is 53.3 Å². The van der Waals surface area contributed by atoms with E-state index in [1.807, 2.05) is 18.2 Å². The van der Waals surface area contributed by atoms with E-state index < -0.39 is 0 Å². The standard InChI is InChI=1S/C29H42O2/c1-18-12-14-28(3)20(16-18)6-8-23-24-10-11-26(29(24,4)15-13-25(23)28)27(30)22-9-7-21(31-5)17-19(22)2/h7,9,17-18,20,23-26H,6,8,10-16H2,1-5H3. The monoisotopic (exact) mass is 422 g/mol. The maximum atomic E-state index is 13.8. The summed E-state index contributed by atoms with van der Waals surface area (Å²) in [5.41, 5.74) is 2.74. The van der Waals surface area contributed by atoms with E-state index in [-0.39, 0.29) is 11.3 Å². The Morgan fingerprint density at radius 3 is 2.45 bits per heavy atom. The van der Waals surface area contributed by atoms with E-state index in [0.717, 1.165) is 52.9 Å². The highest BCUT2D eigenvalue weighted by Gasteiger charge is 2.61. The molecule has 8 unspecified atom stereocenters. The molecule has 0 N–H and O–H groups in total. The lowest BCUT2D eigenvalue weighted by atomic mass is 9.44. The lowest BCUT2D eigenvalue weighted by Gasteiger charge is -2.61. The van der Waals surface area contributed by atoms with Gasteiger partial charge in [-0.2, -0.15) is 0 Å². The molecule has 170 valence electrons. The first-order valence-corrected chi connectivity index (χ1v) is 13.0. The topological polar surface area (TPSA) is 26.3 Å². The van der Waals surface area contributed by atoms with Gasteiger partial charge in [0.2, 0.25) is 0 Å². The zero-order valence-corrected chi connectivity index (χ0v) is 20.4. The molecule has 1 aromatic carbocycles. The highest BCUT2D eigenvalue weighted by molar-refractivity contribution is 6.00. The molecule has 5 rings (SSSR count). The van der Waals surface area contributed by atoms with Gasteiger partial charge in [-0.05, 0) is 122 Å². The summed E-state index contributed by atoms with van der Waals surface area (Å²) in [7, 11) is 1.69. The lowest BCUT2D eigenvalue weighted by Crippen LogP contribution is -2.53. The van der Waals surface area contributed by atoms with Crippen molar-refractivity contribution >= 4 is 5.78 Å². The highest BCUT2D eigenvalue weighted by Crippen LogP contribution is 2.68. The van der Waals surface area contributed by atoms with E-state index >= 15 is 0 Å². The number of benzene rings is 1. The molecule has 4 aliphatic carbocycles. The van der Waals surface area contributed by atoms with Gasteiger partial charge in [-0.25, -0.2) is 0 Å². The molecule has 0 aromatic heterocycles. The van der Waals surface area contributed by atoms with Crippen molar-refractivity contribution in [3.63, 3.8) is 0 Å². The number of carbonyl (C=O) groups is 1. The molecule has 0 amide bonds. The molecular formula is C29H42O2. The van der Waals surface area contributed by atoms with Gasteiger partial charge in [-0.3, -0.25) is 4.79 Å². The van der Waals surface area contributed by atoms with Gasteiger partial charge in [-0.15, -0.1) is 0 Å². The van der Waals surface area contributed by atoms with Crippen LogP contribution in [0.25, 0.3) is 0 Å². The maximum Gasteiger partial charge on any atom is 0.166 e. The minimum Gasteiger partial charge on any atom is -0.497 e. The van der Waals surface area contributed by atoms with Crippen molar-refractivity contribution in [2.75, 3.05) is 7.11 Å². The largest absolute Gasteiger partial charge is 0.497 e. The number of ketones is 1. The Morgan fingerprint density at radius 2 is 1.71 bits per heavy atom. The third kappa shape index (κ3) is 3.22. The summed E-state index contributed by atoms with van der Waals surface area (Å²) < 4.78 is 5.37. The Bertz CT molecular complexity index is 858. The van der Waals surface area contributed by atoms with Gasteiger partial charge in [0, 0.05) is 11.5 Å². The summed E-state index contributed by atoms with van der Waals surface area (Å²) >= 11 is 0. The minimum atomic E-state index is 0.190. The normalized spacial score (nSPS) is 44.2. The zero-order chi connectivity index (χ0) is 22.0. The molecule has 0 radical (unpaired) electrons. The van der Waals surface area contributed by atoms with Crippen LogP contribution in [0.15, 0.2) is 18.2 Å². The maximum absolute atomic E-state index is 13.8. The second-order valence-corrected chi connectivity index (χ2v) is 12.3. The number of ether oxygens (including phenoxy) is 1. The van der Waals surface area contributed by atoms with Crippen LogP contribution in [0.4, 0.5) is 0 Å². The number of aryl methyl sites for hydroxylation is 1. The van der Waals surface area contributed by atoms with Crippen molar-refractivity contribution < 1.29 is 9.53 Å². The van der Waals surface area contributed by atoms with Crippen LogP contribution in [0.3, 0.4) is 0 Å². The number of carbonyl (C=O) groups excluding carboxylic acids is 1.